The van der Waals surface area contributed by atoms with Crippen molar-refractivity contribution in [2.75, 3.05) is 27.2 Å². The van der Waals surface area contributed by atoms with Crippen LogP contribution in [-0.4, -0.2) is 48.9 Å². The molecule has 100 valence electrons. The molecular formula is C14H29N3. The number of nitrogens with zero attached hydrogens (tertiary/aromatic N) is 2. The lowest BCUT2D eigenvalue weighted by Crippen LogP contribution is -2.46. The summed E-state index contributed by atoms with van der Waals surface area (Å²) in [6, 6.07) is 0.449. The summed E-state index contributed by atoms with van der Waals surface area (Å²) >= 11 is 0. The fourth-order valence-corrected chi connectivity index (χ4v) is 2.96. The maximum atomic E-state index is 8.42. The first-order valence-electron chi connectivity index (χ1n) is 7.06. The third-order valence-corrected chi connectivity index (χ3v) is 3.80. The molecule has 1 N–H and O–H groups in total. The molecule has 0 aliphatic heterocycles. The lowest BCUT2D eigenvalue weighted by molar-refractivity contribution is 0.247. The molecule has 17 heavy (non-hydrogen) atoms. The molecule has 3 nitrogen and oxygen atoms in total. The topological polar surface area (TPSA) is 30.3 Å². The van der Waals surface area contributed by atoms with Gasteiger partial charge in [0.1, 0.15) is 0 Å². The average Bonchev–Trinajstić information content (AvgIpc) is 2.30. The standard InChI is InChI=1S/C14H29N3/c1-5-17(12(2)11-16(3)4)14(15)13-9-7-6-8-10-13/h12-13,15H,5-11H2,1-4H3. The van der Waals surface area contributed by atoms with Crippen LogP contribution in [0.15, 0.2) is 0 Å². The molecule has 1 aliphatic rings. The molecule has 0 aromatic rings. The van der Waals surface area contributed by atoms with E-state index in [2.05, 4.69) is 37.7 Å². The molecule has 1 fully saturated rings. The van der Waals surface area contributed by atoms with Crippen LogP contribution in [0.2, 0.25) is 0 Å². The minimum absolute atomic E-state index is 0.449. The molecule has 0 aromatic carbocycles. The van der Waals surface area contributed by atoms with Crippen LogP contribution in [-0.2, 0) is 0 Å². The molecule has 0 aromatic heterocycles. The average molecular weight is 239 g/mol. The van der Waals surface area contributed by atoms with Crippen molar-refractivity contribution in [3.05, 3.63) is 0 Å². The maximum absolute atomic E-state index is 8.42. The highest BCUT2D eigenvalue weighted by atomic mass is 15.2. The highest BCUT2D eigenvalue weighted by molar-refractivity contribution is 5.82. The molecule has 0 radical (unpaired) electrons. The van der Waals surface area contributed by atoms with Gasteiger partial charge in [0.25, 0.3) is 0 Å². The van der Waals surface area contributed by atoms with Crippen LogP contribution in [0.25, 0.3) is 0 Å². The van der Waals surface area contributed by atoms with E-state index in [-0.39, 0.29) is 0 Å². The highest BCUT2D eigenvalue weighted by Gasteiger charge is 2.24. The van der Waals surface area contributed by atoms with Crippen molar-refractivity contribution >= 4 is 5.84 Å². The largest absolute Gasteiger partial charge is 0.357 e. The van der Waals surface area contributed by atoms with Gasteiger partial charge >= 0.3 is 0 Å². The smallest absolute Gasteiger partial charge is 0.0992 e. The first kappa shape index (κ1) is 14.5. The zero-order chi connectivity index (χ0) is 12.8. The lowest BCUT2D eigenvalue weighted by atomic mass is 9.87. The van der Waals surface area contributed by atoms with Crippen LogP contribution in [0.5, 0.6) is 0 Å². The van der Waals surface area contributed by atoms with Crippen LogP contribution in [0, 0.1) is 11.3 Å². The van der Waals surface area contributed by atoms with E-state index < -0.39 is 0 Å². The predicted molar refractivity (Wildman–Crippen MR) is 74.7 cm³/mol. The van der Waals surface area contributed by atoms with E-state index in [1.807, 2.05) is 0 Å². The van der Waals surface area contributed by atoms with Gasteiger partial charge in [-0.3, -0.25) is 5.41 Å². The van der Waals surface area contributed by atoms with E-state index >= 15 is 0 Å². The Kier molecular flexibility index (Phi) is 5.96. The van der Waals surface area contributed by atoms with Gasteiger partial charge in [-0.2, -0.15) is 0 Å². The second-order valence-electron chi connectivity index (χ2n) is 5.62. The molecule has 1 rings (SSSR count). The fourth-order valence-electron chi connectivity index (χ4n) is 2.96. The number of amidine groups is 1. The Morgan fingerprint density at radius 2 is 1.82 bits per heavy atom. The molecule has 0 saturated heterocycles. The van der Waals surface area contributed by atoms with Gasteiger partial charge in [-0.25, -0.2) is 0 Å². The normalized spacial score (nSPS) is 19.4. The van der Waals surface area contributed by atoms with Crippen molar-refractivity contribution in [1.82, 2.24) is 9.80 Å². The van der Waals surface area contributed by atoms with Crippen LogP contribution in [0.1, 0.15) is 46.0 Å². The Hall–Kier alpha value is -0.570. The van der Waals surface area contributed by atoms with Gasteiger partial charge in [-0.15, -0.1) is 0 Å². The van der Waals surface area contributed by atoms with E-state index in [1.165, 1.54) is 32.1 Å². The third kappa shape index (κ3) is 4.30. The van der Waals surface area contributed by atoms with Crippen LogP contribution in [0.4, 0.5) is 0 Å². The summed E-state index contributed by atoms with van der Waals surface area (Å²) < 4.78 is 0. The molecule has 1 saturated carbocycles. The van der Waals surface area contributed by atoms with Crippen molar-refractivity contribution < 1.29 is 0 Å². The molecule has 3 heteroatoms. The number of likely N-dealkylation sites (N-methyl/N-ethyl adjacent to an activating group) is 2. The fraction of sp³-hybridized carbons (Fsp3) is 0.929. The first-order chi connectivity index (χ1) is 8.06. The number of nitrogens with one attached hydrogen (secondary N) is 1. The summed E-state index contributed by atoms with van der Waals surface area (Å²) in [5.41, 5.74) is 0. The molecule has 1 aliphatic carbocycles. The summed E-state index contributed by atoms with van der Waals surface area (Å²) in [6.45, 7) is 6.40. The molecular weight excluding hydrogens is 210 g/mol. The SMILES string of the molecule is CCN(C(=N)C1CCCCC1)C(C)CN(C)C. The van der Waals surface area contributed by atoms with Gasteiger partial charge in [0.15, 0.2) is 0 Å². The summed E-state index contributed by atoms with van der Waals surface area (Å²) in [5, 5.41) is 8.42. The molecule has 0 amide bonds. The maximum Gasteiger partial charge on any atom is 0.0992 e. The Labute approximate surface area is 107 Å². The first-order valence-corrected chi connectivity index (χ1v) is 7.06. The Bertz CT molecular complexity index is 232. The van der Waals surface area contributed by atoms with E-state index in [1.54, 1.807) is 0 Å². The van der Waals surface area contributed by atoms with Crippen molar-refractivity contribution in [3.63, 3.8) is 0 Å². The Morgan fingerprint density at radius 1 is 1.24 bits per heavy atom. The predicted octanol–water partition coefficient (Wildman–Crippen LogP) is 2.82. The van der Waals surface area contributed by atoms with E-state index in [0.717, 1.165) is 18.9 Å². The van der Waals surface area contributed by atoms with E-state index in [4.69, 9.17) is 5.41 Å². The van der Waals surface area contributed by atoms with Crippen molar-refractivity contribution in [3.8, 4) is 0 Å². The minimum atomic E-state index is 0.449. The second kappa shape index (κ2) is 7.00. The summed E-state index contributed by atoms with van der Waals surface area (Å²) in [6.07, 6.45) is 6.44. The zero-order valence-electron chi connectivity index (χ0n) is 12.0. The van der Waals surface area contributed by atoms with Crippen LogP contribution in [0.3, 0.4) is 0 Å². The van der Waals surface area contributed by atoms with Crippen molar-refractivity contribution in [1.29, 1.82) is 5.41 Å². The molecule has 0 bridgehead atoms. The van der Waals surface area contributed by atoms with E-state index in [9.17, 15) is 0 Å². The lowest BCUT2D eigenvalue weighted by Gasteiger charge is -2.36. The molecule has 0 heterocycles. The van der Waals surface area contributed by atoms with Gasteiger partial charge in [-0.05, 0) is 40.8 Å². The Morgan fingerprint density at radius 3 is 2.29 bits per heavy atom. The molecule has 0 spiro atoms. The minimum Gasteiger partial charge on any atom is -0.357 e. The quantitative estimate of drug-likeness (QED) is 0.590. The number of hydrogen-bond acceptors (Lipinski definition) is 2. The van der Waals surface area contributed by atoms with Gasteiger partial charge in [0.05, 0.1) is 5.84 Å². The van der Waals surface area contributed by atoms with Crippen molar-refractivity contribution in [2.45, 2.75) is 52.0 Å². The van der Waals surface area contributed by atoms with Gasteiger partial charge in [0.2, 0.25) is 0 Å². The Balaban J connectivity index is 2.55. The third-order valence-electron chi connectivity index (χ3n) is 3.80. The van der Waals surface area contributed by atoms with Crippen LogP contribution >= 0.6 is 0 Å². The zero-order valence-corrected chi connectivity index (χ0v) is 12.0. The number of hydrogen-bond donors (Lipinski definition) is 1. The van der Waals surface area contributed by atoms with Crippen molar-refractivity contribution in [2.24, 2.45) is 5.92 Å². The summed E-state index contributed by atoms with van der Waals surface area (Å²) in [4.78, 5) is 4.50. The van der Waals surface area contributed by atoms with Gasteiger partial charge in [-0.1, -0.05) is 19.3 Å². The highest BCUT2D eigenvalue weighted by Crippen LogP contribution is 2.26. The summed E-state index contributed by atoms with van der Waals surface area (Å²) in [7, 11) is 4.21. The van der Waals surface area contributed by atoms with E-state index in [0.29, 0.717) is 12.0 Å². The van der Waals surface area contributed by atoms with Crippen LogP contribution < -0.4 is 0 Å². The monoisotopic (exact) mass is 239 g/mol. The molecule has 1 atom stereocenters. The van der Waals surface area contributed by atoms with Gasteiger partial charge < -0.3 is 9.80 Å². The molecule has 1 unspecified atom stereocenters. The number of rotatable bonds is 5. The second-order valence-corrected chi connectivity index (χ2v) is 5.62. The summed E-state index contributed by atoms with van der Waals surface area (Å²) in [5.74, 6) is 1.41. The van der Waals surface area contributed by atoms with Gasteiger partial charge in [0, 0.05) is 25.0 Å².